The minimum Gasteiger partial charge on any atom is -0.472 e. The molecule has 168 valence electrons. The van der Waals surface area contributed by atoms with Gasteiger partial charge in [0.25, 0.3) is 0 Å². The minimum atomic E-state index is -1.17. The second-order valence-corrected chi connectivity index (χ2v) is 9.36. The molecule has 0 aromatic carbocycles. The Hall–Kier alpha value is -2.84. The number of hydrogen-bond donors (Lipinski definition) is 1. The van der Waals surface area contributed by atoms with E-state index in [1.54, 1.807) is 6.07 Å². The van der Waals surface area contributed by atoms with Crippen LogP contribution >= 0.6 is 0 Å². The molecule has 1 saturated heterocycles. The number of fused-ring (bicyclic) bond motifs is 3. The average Bonchev–Trinajstić information content (AvgIpc) is 3.23. The highest BCUT2D eigenvalue weighted by Gasteiger charge is 2.67. The summed E-state index contributed by atoms with van der Waals surface area (Å²) in [6.45, 7) is 3.79. The molecule has 9 nitrogen and oxygen atoms in total. The first-order valence-corrected chi connectivity index (χ1v) is 10.4. The zero-order valence-corrected chi connectivity index (χ0v) is 17.8. The van der Waals surface area contributed by atoms with Gasteiger partial charge in [0.2, 0.25) is 0 Å². The van der Waals surface area contributed by atoms with Gasteiger partial charge in [0.1, 0.15) is 6.10 Å². The number of carbonyl (C=O) groups is 4. The Morgan fingerprint density at radius 2 is 1.97 bits per heavy atom. The number of primary amides is 1. The predicted molar refractivity (Wildman–Crippen MR) is 104 cm³/mol. The summed E-state index contributed by atoms with van der Waals surface area (Å²) in [6.07, 6.45) is 1.55. The summed E-state index contributed by atoms with van der Waals surface area (Å²) >= 11 is 0. The lowest BCUT2D eigenvalue weighted by molar-refractivity contribution is -0.207. The van der Waals surface area contributed by atoms with Crippen LogP contribution in [0.3, 0.4) is 0 Å². The van der Waals surface area contributed by atoms with Crippen molar-refractivity contribution in [1.29, 1.82) is 0 Å². The van der Waals surface area contributed by atoms with Gasteiger partial charge >= 0.3 is 18.0 Å². The van der Waals surface area contributed by atoms with E-state index in [-0.39, 0.29) is 18.2 Å². The fourth-order valence-electron chi connectivity index (χ4n) is 6.40. The Bertz CT molecular complexity index is 911. The lowest BCUT2D eigenvalue weighted by atomic mass is 9.43. The molecule has 4 rings (SSSR count). The number of Topliss-reactive ketones (excluding diaryl/α,β-unsaturated/α-hetero) is 1. The molecular weight excluding hydrogens is 406 g/mol. The van der Waals surface area contributed by atoms with Crippen molar-refractivity contribution in [3.63, 3.8) is 0 Å². The second-order valence-electron chi connectivity index (χ2n) is 9.36. The van der Waals surface area contributed by atoms with E-state index in [9.17, 15) is 19.2 Å². The van der Waals surface area contributed by atoms with Crippen molar-refractivity contribution in [2.75, 3.05) is 7.11 Å². The lowest BCUT2D eigenvalue weighted by Gasteiger charge is -2.60. The van der Waals surface area contributed by atoms with Crippen molar-refractivity contribution in [3.05, 3.63) is 24.2 Å². The van der Waals surface area contributed by atoms with Crippen LogP contribution in [0.25, 0.3) is 0 Å². The number of esters is 2. The third-order valence-electron chi connectivity index (χ3n) is 7.76. The summed E-state index contributed by atoms with van der Waals surface area (Å²) in [7, 11) is 1.29. The van der Waals surface area contributed by atoms with Gasteiger partial charge in [-0.15, -0.1) is 0 Å². The second kappa shape index (κ2) is 7.39. The molecule has 1 aliphatic heterocycles. The average molecular weight is 433 g/mol. The molecule has 0 bridgehead atoms. The van der Waals surface area contributed by atoms with Crippen LogP contribution in [0, 0.1) is 28.6 Å². The summed E-state index contributed by atoms with van der Waals surface area (Å²) < 4.78 is 21.0. The fraction of sp³-hybridized carbons (Fsp3) is 0.636. The monoisotopic (exact) mass is 433 g/mol. The van der Waals surface area contributed by atoms with Crippen LogP contribution in [-0.4, -0.2) is 37.0 Å². The fourth-order valence-corrected chi connectivity index (χ4v) is 6.40. The van der Waals surface area contributed by atoms with E-state index in [1.807, 2.05) is 13.8 Å². The molecule has 2 N–H and O–H groups in total. The quantitative estimate of drug-likeness (QED) is 0.567. The van der Waals surface area contributed by atoms with Crippen molar-refractivity contribution in [2.24, 2.45) is 34.3 Å². The van der Waals surface area contributed by atoms with Gasteiger partial charge in [0.15, 0.2) is 11.9 Å². The first-order chi connectivity index (χ1) is 14.6. The molecule has 2 saturated carbocycles. The molecule has 2 aliphatic carbocycles. The maximum atomic E-state index is 13.7. The van der Waals surface area contributed by atoms with E-state index in [0.29, 0.717) is 24.8 Å². The normalized spacial score (nSPS) is 39.6. The highest BCUT2D eigenvalue weighted by molar-refractivity contribution is 5.93. The molecule has 9 heteroatoms. The van der Waals surface area contributed by atoms with Crippen molar-refractivity contribution < 1.29 is 37.8 Å². The van der Waals surface area contributed by atoms with Crippen molar-refractivity contribution in [2.45, 2.75) is 51.7 Å². The third-order valence-corrected chi connectivity index (χ3v) is 7.76. The van der Waals surface area contributed by atoms with E-state index < -0.39 is 52.9 Å². The Morgan fingerprint density at radius 3 is 2.58 bits per heavy atom. The van der Waals surface area contributed by atoms with Crippen LogP contribution in [0.5, 0.6) is 0 Å². The number of ether oxygens (including phenoxy) is 3. The highest BCUT2D eigenvalue weighted by Crippen LogP contribution is 2.65. The molecule has 3 aliphatic rings. The Balaban J connectivity index is 1.80. The molecule has 7 atom stereocenters. The molecule has 1 aromatic rings. The van der Waals surface area contributed by atoms with Gasteiger partial charge in [-0.3, -0.25) is 14.4 Å². The zero-order chi connectivity index (χ0) is 22.6. The summed E-state index contributed by atoms with van der Waals surface area (Å²) in [6, 6.07) is 1.72. The predicted octanol–water partition coefficient (Wildman–Crippen LogP) is 2.53. The van der Waals surface area contributed by atoms with Gasteiger partial charge < -0.3 is 24.4 Å². The SMILES string of the molecule is COC(=O)[C@@H]1C[C@H](OC(N)=O)C(=O)C2[C@@]3(C)C[C@H](c4ccoc4)OC(=O)C3CC[C@]21C. The van der Waals surface area contributed by atoms with Crippen LogP contribution in [0.4, 0.5) is 4.79 Å². The van der Waals surface area contributed by atoms with Gasteiger partial charge in [-0.2, -0.15) is 0 Å². The number of hydrogen-bond acceptors (Lipinski definition) is 8. The van der Waals surface area contributed by atoms with Gasteiger partial charge in [-0.05, 0) is 36.2 Å². The number of furan rings is 1. The maximum absolute atomic E-state index is 13.7. The van der Waals surface area contributed by atoms with Gasteiger partial charge in [0, 0.05) is 17.9 Å². The van der Waals surface area contributed by atoms with Crippen LogP contribution < -0.4 is 5.73 Å². The smallest absolute Gasteiger partial charge is 0.405 e. The van der Waals surface area contributed by atoms with E-state index in [0.717, 1.165) is 0 Å². The Labute approximate surface area is 179 Å². The summed E-state index contributed by atoms with van der Waals surface area (Å²) in [5, 5.41) is 0. The number of rotatable bonds is 3. The summed E-state index contributed by atoms with van der Waals surface area (Å²) in [5.41, 5.74) is 4.34. The van der Waals surface area contributed by atoms with Crippen LogP contribution in [0.1, 0.15) is 51.2 Å². The van der Waals surface area contributed by atoms with Crippen LogP contribution in [0.2, 0.25) is 0 Å². The Kier molecular flexibility index (Phi) is 5.10. The van der Waals surface area contributed by atoms with E-state index >= 15 is 0 Å². The van der Waals surface area contributed by atoms with E-state index in [1.165, 1.54) is 19.6 Å². The van der Waals surface area contributed by atoms with E-state index in [4.69, 9.17) is 24.4 Å². The third kappa shape index (κ3) is 3.21. The molecule has 0 spiro atoms. The molecule has 1 aromatic heterocycles. The molecule has 2 heterocycles. The number of carbonyl (C=O) groups excluding carboxylic acids is 4. The van der Waals surface area contributed by atoms with Crippen molar-refractivity contribution in [3.8, 4) is 0 Å². The summed E-state index contributed by atoms with van der Waals surface area (Å²) in [4.78, 5) is 50.9. The van der Waals surface area contributed by atoms with Crippen LogP contribution in [0.15, 0.2) is 23.0 Å². The number of methoxy groups -OCH3 is 1. The molecule has 1 amide bonds. The first-order valence-electron chi connectivity index (χ1n) is 10.4. The van der Waals surface area contributed by atoms with Gasteiger partial charge in [0.05, 0.1) is 31.5 Å². The lowest BCUT2D eigenvalue weighted by Crippen LogP contribution is -2.65. The number of ketones is 1. The highest BCUT2D eigenvalue weighted by atomic mass is 16.6. The van der Waals surface area contributed by atoms with Gasteiger partial charge in [-0.1, -0.05) is 13.8 Å². The molecule has 0 radical (unpaired) electrons. The topological polar surface area (TPSA) is 135 Å². The molecule has 3 fully saturated rings. The standard InChI is InChI=1S/C22H27NO8/c1-21-6-4-12-19(26)30-15(11-5-7-29-10-11)9-22(12,2)17(21)16(24)14(31-20(23)27)8-13(21)18(25)28-3/h5,7,10,12-15,17H,4,6,8-9H2,1-3H3,(H2,23,27)/t12?,13-,14-,15+,17?,21-,22-/m0/s1. The van der Waals surface area contributed by atoms with Crippen molar-refractivity contribution >= 4 is 23.8 Å². The summed E-state index contributed by atoms with van der Waals surface area (Å²) in [5.74, 6) is -3.05. The minimum absolute atomic E-state index is 0.0117. The number of amides is 1. The van der Waals surface area contributed by atoms with Gasteiger partial charge in [-0.25, -0.2) is 4.79 Å². The van der Waals surface area contributed by atoms with Crippen molar-refractivity contribution in [1.82, 2.24) is 0 Å². The number of cyclic esters (lactones) is 1. The molecular formula is C22H27NO8. The number of nitrogens with two attached hydrogens (primary N) is 1. The Morgan fingerprint density at radius 1 is 1.23 bits per heavy atom. The van der Waals surface area contributed by atoms with Crippen LogP contribution in [-0.2, 0) is 28.6 Å². The molecule has 2 unspecified atom stereocenters. The largest absolute Gasteiger partial charge is 0.472 e. The maximum Gasteiger partial charge on any atom is 0.405 e. The first kappa shape index (κ1) is 21.4. The zero-order valence-electron chi connectivity index (χ0n) is 17.8. The molecule has 31 heavy (non-hydrogen) atoms. The van der Waals surface area contributed by atoms with E-state index in [2.05, 4.69) is 0 Å².